The Balaban J connectivity index is 2.11. The molecule has 1 heterocycles. The number of rotatable bonds is 2. The molecule has 19 heavy (non-hydrogen) atoms. The number of hydrogen-bond donors (Lipinski definition) is 2. The zero-order valence-corrected chi connectivity index (χ0v) is 11.1. The summed E-state index contributed by atoms with van der Waals surface area (Å²) >= 11 is 6.18. The molecule has 1 aromatic rings. The van der Waals surface area contributed by atoms with E-state index in [1.54, 1.807) is 6.07 Å². The topological polar surface area (TPSA) is 66.4 Å². The molecule has 0 unspecified atom stereocenters. The fourth-order valence-electron chi connectivity index (χ4n) is 3.18. The van der Waals surface area contributed by atoms with Gasteiger partial charge in [0, 0.05) is 0 Å². The molecule has 1 aromatic carbocycles. The van der Waals surface area contributed by atoms with E-state index in [-0.39, 0.29) is 12.3 Å². The molecule has 5 heteroatoms. The standard InChI is InChI=1S/C14H14ClNO3/c15-10-7-9(5-8-6-11(17)16-12(8)10)14(13(18)19)3-1-2-4-14/h5,7H,1-4,6H2,(H,16,17)(H,18,19). The van der Waals surface area contributed by atoms with E-state index in [9.17, 15) is 14.7 Å². The van der Waals surface area contributed by atoms with Crippen molar-refractivity contribution >= 4 is 29.2 Å². The molecule has 3 rings (SSSR count). The Morgan fingerprint density at radius 2 is 2.00 bits per heavy atom. The number of fused-ring (bicyclic) bond motifs is 1. The Kier molecular flexibility index (Phi) is 2.78. The lowest BCUT2D eigenvalue weighted by Gasteiger charge is -2.25. The van der Waals surface area contributed by atoms with Crippen molar-refractivity contribution in [2.75, 3.05) is 5.32 Å². The molecule has 1 amide bonds. The minimum absolute atomic E-state index is 0.0927. The highest BCUT2D eigenvalue weighted by Crippen LogP contribution is 2.44. The van der Waals surface area contributed by atoms with Crippen molar-refractivity contribution in [3.05, 3.63) is 28.3 Å². The second-order valence-electron chi connectivity index (χ2n) is 5.31. The number of carboxylic acids is 1. The van der Waals surface area contributed by atoms with Crippen LogP contribution in [0.2, 0.25) is 5.02 Å². The molecule has 2 N–H and O–H groups in total. The molecule has 0 atom stereocenters. The zero-order valence-electron chi connectivity index (χ0n) is 10.3. The third-order valence-corrected chi connectivity index (χ3v) is 4.50. The summed E-state index contributed by atoms with van der Waals surface area (Å²) < 4.78 is 0. The molecule has 0 aromatic heterocycles. The van der Waals surface area contributed by atoms with Crippen LogP contribution in [0.5, 0.6) is 0 Å². The SMILES string of the molecule is O=C1Cc2cc(C3(C(=O)O)CCCC3)cc(Cl)c2N1. The maximum atomic E-state index is 11.7. The van der Waals surface area contributed by atoms with Gasteiger partial charge in [0.1, 0.15) is 0 Å². The third-order valence-electron chi connectivity index (χ3n) is 4.21. The average Bonchev–Trinajstić information content (AvgIpc) is 2.94. The van der Waals surface area contributed by atoms with Crippen LogP contribution in [0, 0.1) is 0 Å². The van der Waals surface area contributed by atoms with Crippen LogP contribution in [0.15, 0.2) is 12.1 Å². The average molecular weight is 280 g/mol. The van der Waals surface area contributed by atoms with Crippen molar-refractivity contribution in [2.45, 2.75) is 37.5 Å². The van der Waals surface area contributed by atoms with Gasteiger partial charge in [0.15, 0.2) is 0 Å². The van der Waals surface area contributed by atoms with Crippen LogP contribution in [0.25, 0.3) is 0 Å². The number of carbonyl (C=O) groups is 2. The molecule has 0 spiro atoms. The summed E-state index contributed by atoms with van der Waals surface area (Å²) in [6.45, 7) is 0. The predicted octanol–water partition coefficient (Wildman–Crippen LogP) is 2.73. The summed E-state index contributed by atoms with van der Waals surface area (Å²) in [6.07, 6.45) is 3.38. The summed E-state index contributed by atoms with van der Waals surface area (Å²) in [6, 6.07) is 3.53. The largest absolute Gasteiger partial charge is 0.481 e. The number of amides is 1. The second-order valence-corrected chi connectivity index (χ2v) is 5.72. The summed E-state index contributed by atoms with van der Waals surface area (Å²) in [4.78, 5) is 23.1. The molecule has 0 saturated heterocycles. The lowest BCUT2D eigenvalue weighted by molar-refractivity contribution is -0.143. The fraction of sp³-hybridized carbons (Fsp3) is 0.429. The van der Waals surface area contributed by atoms with Crippen LogP contribution < -0.4 is 5.32 Å². The molecular formula is C14H14ClNO3. The van der Waals surface area contributed by atoms with Crippen LogP contribution in [-0.2, 0) is 21.4 Å². The molecule has 0 bridgehead atoms. The van der Waals surface area contributed by atoms with Crippen LogP contribution in [0.4, 0.5) is 5.69 Å². The van der Waals surface area contributed by atoms with E-state index in [0.29, 0.717) is 23.6 Å². The summed E-state index contributed by atoms with van der Waals surface area (Å²) in [7, 11) is 0. The summed E-state index contributed by atoms with van der Waals surface area (Å²) in [5, 5.41) is 12.7. The molecule has 4 nitrogen and oxygen atoms in total. The van der Waals surface area contributed by atoms with Crippen LogP contribution in [0.1, 0.15) is 36.8 Å². The fourth-order valence-corrected chi connectivity index (χ4v) is 3.47. The van der Waals surface area contributed by atoms with Gasteiger partial charge in [0.2, 0.25) is 5.91 Å². The van der Waals surface area contributed by atoms with E-state index in [0.717, 1.165) is 24.0 Å². The Labute approximate surface area is 115 Å². The summed E-state index contributed by atoms with van der Waals surface area (Å²) in [5.74, 6) is -0.886. The van der Waals surface area contributed by atoms with Gasteiger partial charge in [-0.3, -0.25) is 9.59 Å². The number of halogens is 1. The normalized spacial score (nSPS) is 20.2. The Hall–Kier alpha value is -1.55. The smallest absolute Gasteiger partial charge is 0.314 e. The van der Waals surface area contributed by atoms with E-state index >= 15 is 0 Å². The van der Waals surface area contributed by atoms with E-state index in [1.165, 1.54) is 0 Å². The van der Waals surface area contributed by atoms with Crippen molar-refractivity contribution in [1.82, 2.24) is 0 Å². The van der Waals surface area contributed by atoms with Gasteiger partial charge in [-0.2, -0.15) is 0 Å². The molecular weight excluding hydrogens is 266 g/mol. The highest BCUT2D eigenvalue weighted by Gasteiger charge is 2.43. The number of anilines is 1. The minimum Gasteiger partial charge on any atom is -0.481 e. The zero-order chi connectivity index (χ0) is 13.6. The van der Waals surface area contributed by atoms with Gasteiger partial charge in [-0.1, -0.05) is 30.5 Å². The number of nitrogens with one attached hydrogen (secondary N) is 1. The van der Waals surface area contributed by atoms with Gasteiger partial charge < -0.3 is 10.4 Å². The lowest BCUT2D eigenvalue weighted by Crippen LogP contribution is -2.32. The van der Waals surface area contributed by atoms with Crippen molar-refractivity contribution in [3.63, 3.8) is 0 Å². The first-order chi connectivity index (χ1) is 9.03. The second kappa shape index (κ2) is 4.23. The highest BCUT2D eigenvalue weighted by molar-refractivity contribution is 6.34. The summed E-state index contributed by atoms with van der Waals surface area (Å²) in [5.41, 5.74) is 1.34. The van der Waals surface area contributed by atoms with E-state index in [2.05, 4.69) is 5.32 Å². The lowest BCUT2D eigenvalue weighted by atomic mass is 9.78. The molecule has 0 radical (unpaired) electrons. The Morgan fingerprint density at radius 3 is 2.63 bits per heavy atom. The van der Waals surface area contributed by atoms with Gasteiger partial charge in [-0.15, -0.1) is 0 Å². The van der Waals surface area contributed by atoms with Crippen LogP contribution in [-0.4, -0.2) is 17.0 Å². The van der Waals surface area contributed by atoms with E-state index in [4.69, 9.17) is 11.6 Å². The number of carbonyl (C=O) groups excluding carboxylic acids is 1. The number of benzene rings is 1. The monoisotopic (exact) mass is 279 g/mol. The van der Waals surface area contributed by atoms with Crippen molar-refractivity contribution < 1.29 is 14.7 Å². The molecule has 1 saturated carbocycles. The van der Waals surface area contributed by atoms with Crippen molar-refractivity contribution in [3.8, 4) is 0 Å². The molecule has 1 aliphatic heterocycles. The third kappa shape index (κ3) is 1.82. The molecule has 2 aliphatic rings. The van der Waals surface area contributed by atoms with Crippen LogP contribution >= 0.6 is 11.6 Å². The molecule has 1 aliphatic carbocycles. The Morgan fingerprint density at radius 1 is 1.32 bits per heavy atom. The first-order valence-corrected chi connectivity index (χ1v) is 6.77. The van der Waals surface area contributed by atoms with Gasteiger partial charge in [-0.05, 0) is 30.0 Å². The quantitative estimate of drug-likeness (QED) is 0.875. The van der Waals surface area contributed by atoms with Gasteiger partial charge in [-0.25, -0.2) is 0 Å². The van der Waals surface area contributed by atoms with Gasteiger partial charge >= 0.3 is 5.97 Å². The van der Waals surface area contributed by atoms with Crippen molar-refractivity contribution in [1.29, 1.82) is 0 Å². The minimum atomic E-state index is -0.829. The van der Waals surface area contributed by atoms with Crippen molar-refractivity contribution in [2.24, 2.45) is 0 Å². The number of carboxylic acid groups (broad SMARTS) is 1. The maximum Gasteiger partial charge on any atom is 0.314 e. The Bertz CT molecular complexity index is 576. The number of hydrogen-bond acceptors (Lipinski definition) is 2. The first-order valence-electron chi connectivity index (χ1n) is 6.39. The van der Waals surface area contributed by atoms with Gasteiger partial charge in [0.25, 0.3) is 0 Å². The van der Waals surface area contributed by atoms with E-state index in [1.807, 2.05) is 6.07 Å². The maximum absolute atomic E-state index is 11.7. The first kappa shape index (κ1) is 12.5. The molecule has 1 fully saturated rings. The predicted molar refractivity (Wildman–Crippen MR) is 71.6 cm³/mol. The van der Waals surface area contributed by atoms with Gasteiger partial charge in [0.05, 0.1) is 22.5 Å². The highest BCUT2D eigenvalue weighted by atomic mass is 35.5. The van der Waals surface area contributed by atoms with Crippen LogP contribution in [0.3, 0.4) is 0 Å². The van der Waals surface area contributed by atoms with E-state index < -0.39 is 11.4 Å². The number of aliphatic carboxylic acids is 1. The molecule has 100 valence electrons.